The summed E-state index contributed by atoms with van der Waals surface area (Å²) in [5.41, 5.74) is 3.43. The highest BCUT2D eigenvalue weighted by Crippen LogP contribution is 2.24. The molecule has 4 aromatic rings. The van der Waals surface area contributed by atoms with Crippen LogP contribution in [0.15, 0.2) is 77.3 Å². The quantitative estimate of drug-likeness (QED) is 0.401. The highest BCUT2D eigenvalue weighted by Gasteiger charge is 2.23. The van der Waals surface area contributed by atoms with Crippen molar-refractivity contribution in [1.82, 2.24) is 14.9 Å². The number of benzene rings is 2. The first-order chi connectivity index (χ1) is 17.1. The fourth-order valence-corrected chi connectivity index (χ4v) is 4.09. The first-order valence-electron chi connectivity index (χ1n) is 11.8. The van der Waals surface area contributed by atoms with Gasteiger partial charge in [0.1, 0.15) is 29.6 Å². The molecule has 178 valence electrons. The predicted octanol–water partition coefficient (Wildman–Crippen LogP) is 4.89. The summed E-state index contributed by atoms with van der Waals surface area (Å²) in [6.45, 7) is 7.13. The number of amides is 1. The molecule has 1 aliphatic heterocycles. The summed E-state index contributed by atoms with van der Waals surface area (Å²) in [7, 11) is 0. The van der Waals surface area contributed by atoms with Crippen LogP contribution in [0.3, 0.4) is 0 Å². The van der Waals surface area contributed by atoms with Gasteiger partial charge >= 0.3 is 0 Å². The molecule has 0 unspecified atom stereocenters. The Balaban J connectivity index is 1.20. The van der Waals surface area contributed by atoms with Crippen molar-refractivity contribution >= 4 is 11.7 Å². The molecular formula is C28H28N4O3. The molecule has 1 fully saturated rings. The zero-order valence-electron chi connectivity index (χ0n) is 20.0. The maximum absolute atomic E-state index is 13.0. The van der Waals surface area contributed by atoms with Crippen LogP contribution in [0.1, 0.15) is 27.4 Å². The smallest absolute Gasteiger partial charge is 0.253 e. The van der Waals surface area contributed by atoms with E-state index in [1.54, 1.807) is 6.20 Å². The van der Waals surface area contributed by atoms with Gasteiger partial charge in [0.2, 0.25) is 5.89 Å². The monoisotopic (exact) mass is 468 g/mol. The van der Waals surface area contributed by atoms with E-state index in [9.17, 15) is 4.79 Å². The Morgan fingerprint density at radius 1 is 0.943 bits per heavy atom. The van der Waals surface area contributed by atoms with Crippen molar-refractivity contribution in [3.8, 4) is 17.2 Å². The van der Waals surface area contributed by atoms with Crippen LogP contribution in [0.25, 0.3) is 11.5 Å². The fourth-order valence-electron chi connectivity index (χ4n) is 4.09. The van der Waals surface area contributed by atoms with Crippen LogP contribution < -0.4 is 9.64 Å². The van der Waals surface area contributed by atoms with E-state index >= 15 is 0 Å². The number of aromatic nitrogens is 2. The van der Waals surface area contributed by atoms with Crippen molar-refractivity contribution < 1.29 is 13.9 Å². The van der Waals surface area contributed by atoms with Crippen LogP contribution in [-0.2, 0) is 6.61 Å². The van der Waals surface area contributed by atoms with Crippen molar-refractivity contribution in [2.75, 3.05) is 31.1 Å². The number of anilines is 1. The van der Waals surface area contributed by atoms with Gasteiger partial charge in [0.15, 0.2) is 0 Å². The minimum absolute atomic E-state index is 0.0352. The number of nitrogens with zero attached hydrogens (tertiary/aromatic N) is 4. The van der Waals surface area contributed by atoms with E-state index in [-0.39, 0.29) is 5.91 Å². The van der Waals surface area contributed by atoms with E-state index in [2.05, 4.69) is 14.9 Å². The van der Waals surface area contributed by atoms with E-state index in [0.717, 1.165) is 41.7 Å². The Kier molecular flexibility index (Phi) is 6.48. The number of piperazine rings is 1. The van der Waals surface area contributed by atoms with Gasteiger partial charge in [0.05, 0.1) is 0 Å². The largest absolute Gasteiger partial charge is 0.487 e. The minimum Gasteiger partial charge on any atom is -0.487 e. The second-order valence-corrected chi connectivity index (χ2v) is 8.67. The molecule has 35 heavy (non-hydrogen) atoms. The number of carbonyl (C=O) groups is 1. The van der Waals surface area contributed by atoms with E-state index in [0.29, 0.717) is 31.2 Å². The Morgan fingerprint density at radius 2 is 1.69 bits per heavy atom. The summed E-state index contributed by atoms with van der Waals surface area (Å²) in [4.78, 5) is 26.1. The third-order valence-electron chi connectivity index (χ3n) is 6.21. The van der Waals surface area contributed by atoms with E-state index in [1.807, 2.05) is 85.5 Å². The van der Waals surface area contributed by atoms with Crippen LogP contribution in [0.4, 0.5) is 5.82 Å². The highest BCUT2D eigenvalue weighted by molar-refractivity contribution is 5.94. The summed E-state index contributed by atoms with van der Waals surface area (Å²) in [5, 5.41) is 0. The Morgan fingerprint density at radius 3 is 2.37 bits per heavy atom. The Labute approximate surface area is 205 Å². The van der Waals surface area contributed by atoms with Crippen molar-refractivity contribution in [3.05, 3.63) is 95.5 Å². The molecule has 7 nitrogen and oxygen atoms in total. The third-order valence-corrected chi connectivity index (χ3v) is 6.21. The van der Waals surface area contributed by atoms with Gasteiger partial charge in [-0.05, 0) is 62.4 Å². The number of carbonyl (C=O) groups excluding carboxylic acids is 1. The first kappa shape index (κ1) is 22.7. The lowest BCUT2D eigenvalue weighted by Crippen LogP contribution is -2.49. The van der Waals surface area contributed by atoms with Gasteiger partial charge in [0, 0.05) is 43.5 Å². The molecule has 5 rings (SSSR count). The van der Waals surface area contributed by atoms with Crippen LogP contribution in [0.2, 0.25) is 0 Å². The van der Waals surface area contributed by atoms with Crippen molar-refractivity contribution in [3.63, 3.8) is 0 Å². The van der Waals surface area contributed by atoms with Crippen LogP contribution in [-0.4, -0.2) is 47.0 Å². The summed E-state index contributed by atoms with van der Waals surface area (Å²) < 4.78 is 11.7. The van der Waals surface area contributed by atoms with Gasteiger partial charge in [-0.15, -0.1) is 0 Å². The topological polar surface area (TPSA) is 71.7 Å². The molecule has 0 spiro atoms. The lowest BCUT2D eigenvalue weighted by Gasteiger charge is -2.35. The molecule has 2 aromatic heterocycles. The normalized spacial score (nSPS) is 13.7. The Bertz CT molecular complexity index is 1280. The molecule has 0 aliphatic carbocycles. The number of aryl methyl sites for hydroxylation is 2. The fraction of sp³-hybridized carbons (Fsp3) is 0.250. The van der Waals surface area contributed by atoms with Gasteiger partial charge in [0.25, 0.3) is 5.91 Å². The van der Waals surface area contributed by atoms with Gasteiger partial charge < -0.3 is 19.0 Å². The highest BCUT2D eigenvalue weighted by atomic mass is 16.5. The average Bonchev–Trinajstić information content (AvgIpc) is 3.29. The lowest BCUT2D eigenvalue weighted by atomic mass is 10.1. The zero-order chi connectivity index (χ0) is 24.2. The average molecular weight is 469 g/mol. The van der Waals surface area contributed by atoms with Gasteiger partial charge in [-0.1, -0.05) is 23.8 Å². The number of oxazole rings is 1. The number of hydrogen-bond donors (Lipinski definition) is 0. The number of ether oxygens (including phenoxy) is 1. The van der Waals surface area contributed by atoms with Gasteiger partial charge in [-0.25, -0.2) is 9.97 Å². The Hall–Kier alpha value is -4.13. The van der Waals surface area contributed by atoms with Gasteiger partial charge in [-0.3, -0.25) is 4.79 Å². The van der Waals surface area contributed by atoms with Crippen molar-refractivity contribution in [1.29, 1.82) is 0 Å². The lowest BCUT2D eigenvalue weighted by molar-refractivity contribution is 0.0746. The summed E-state index contributed by atoms with van der Waals surface area (Å²) in [6, 6.07) is 21.2. The molecule has 0 radical (unpaired) electrons. The standard InChI is InChI=1S/C28H28N4O3/c1-20-6-12-24(13-7-20)34-19-25-21(2)35-27(30-25)22-8-10-23(11-9-22)28(33)32-17-15-31(16-18-32)26-5-3-4-14-29-26/h3-14H,15-19H2,1-2H3. The summed E-state index contributed by atoms with van der Waals surface area (Å²) in [6.07, 6.45) is 1.80. The minimum atomic E-state index is 0.0352. The molecule has 0 bridgehead atoms. The number of hydrogen-bond acceptors (Lipinski definition) is 6. The first-order valence-corrected chi connectivity index (χ1v) is 11.8. The van der Waals surface area contributed by atoms with Gasteiger partial charge in [-0.2, -0.15) is 0 Å². The maximum Gasteiger partial charge on any atom is 0.253 e. The molecule has 2 aromatic carbocycles. The zero-order valence-corrected chi connectivity index (χ0v) is 20.0. The number of pyridine rings is 1. The predicted molar refractivity (Wildman–Crippen MR) is 135 cm³/mol. The van der Waals surface area contributed by atoms with Crippen LogP contribution in [0, 0.1) is 13.8 Å². The van der Waals surface area contributed by atoms with E-state index in [1.165, 1.54) is 5.56 Å². The molecule has 0 atom stereocenters. The second kappa shape index (κ2) is 10.0. The molecule has 3 heterocycles. The SMILES string of the molecule is Cc1ccc(OCc2nc(-c3ccc(C(=O)N4CCN(c5ccccn5)CC4)cc3)oc2C)cc1. The molecular weight excluding hydrogens is 440 g/mol. The molecule has 0 N–H and O–H groups in total. The summed E-state index contributed by atoms with van der Waals surface area (Å²) in [5.74, 6) is 3.02. The van der Waals surface area contributed by atoms with E-state index < -0.39 is 0 Å². The van der Waals surface area contributed by atoms with Crippen molar-refractivity contribution in [2.24, 2.45) is 0 Å². The summed E-state index contributed by atoms with van der Waals surface area (Å²) >= 11 is 0. The molecule has 0 saturated carbocycles. The second-order valence-electron chi connectivity index (χ2n) is 8.67. The number of rotatable bonds is 6. The maximum atomic E-state index is 13.0. The van der Waals surface area contributed by atoms with E-state index in [4.69, 9.17) is 9.15 Å². The van der Waals surface area contributed by atoms with Crippen LogP contribution in [0.5, 0.6) is 5.75 Å². The van der Waals surface area contributed by atoms with Crippen molar-refractivity contribution in [2.45, 2.75) is 20.5 Å². The molecule has 7 heteroatoms. The van der Waals surface area contributed by atoms with Crippen LogP contribution >= 0.6 is 0 Å². The third kappa shape index (κ3) is 5.19. The molecule has 1 saturated heterocycles. The molecule has 1 aliphatic rings. The molecule has 1 amide bonds.